The van der Waals surface area contributed by atoms with Crippen molar-refractivity contribution in [1.29, 1.82) is 0 Å². The van der Waals surface area contributed by atoms with Gasteiger partial charge in [0.25, 0.3) is 0 Å². The van der Waals surface area contributed by atoms with Gasteiger partial charge in [-0.2, -0.15) is 8.78 Å². The van der Waals surface area contributed by atoms with Gasteiger partial charge in [0.05, 0.1) is 28.6 Å². The number of aromatic nitrogens is 3. The fourth-order valence-corrected chi connectivity index (χ4v) is 2.89. The summed E-state index contributed by atoms with van der Waals surface area (Å²) in [7, 11) is 0. The van der Waals surface area contributed by atoms with E-state index in [1.807, 2.05) is 0 Å². The Morgan fingerprint density at radius 2 is 2.05 bits per heavy atom. The zero-order chi connectivity index (χ0) is 15.0. The quantitative estimate of drug-likeness (QED) is 0.726. The van der Waals surface area contributed by atoms with E-state index in [2.05, 4.69) is 35.6 Å². The zero-order valence-corrected chi connectivity index (χ0v) is 12.6. The van der Waals surface area contributed by atoms with E-state index in [9.17, 15) is 8.78 Å². The van der Waals surface area contributed by atoms with Crippen molar-refractivity contribution < 1.29 is 13.5 Å². The number of nitrogens with zero attached hydrogens (tertiary/aromatic N) is 2. The first-order chi connectivity index (χ1) is 10.1. The molecule has 3 aromatic rings. The van der Waals surface area contributed by atoms with Gasteiger partial charge in [-0.25, -0.2) is 9.97 Å². The molecule has 0 saturated carbocycles. The number of fused-ring (bicyclic) bond motifs is 1. The van der Waals surface area contributed by atoms with Gasteiger partial charge < -0.3 is 9.72 Å². The first-order valence-corrected chi connectivity index (χ1v) is 6.95. The van der Waals surface area contributed by atoms with Crippen LogP contribution in [0, 0.1) is 0 Å². The lowest BCUT2D eigenvalue weighted by atomic mass is 10.1. The highest BCUT2D eigenvalue weighted by molar-refractivity contribution is 9.10. The van der Waals surface area contributed by atoms with E-state index < -0.39 is 6.61 Å². The van der Waals surface area contributed by atoms with Gasteiger partial charge in [-0.1, -0.05) is 11.6 Å². The lowest BCUT2D eigenvalue weighted by molar-refractivity contribution is -0.0530. The summed E-state index contributed by atoms with van der Waals surface area (Å²) in [4.78, 5) is 11.0. The second-order valence-corrected chi connectivity index (χ2v) is 5.36. The molecule has 8 heteroatoms. The molecule has 0 aliphatic rings. The predicted molar refractivity (Wildman–Crippen MR) is 78.7 cm³/mol. The number of nitrogens with one attached hydrogen (secondary N) is 1. The molecule has 2 aromatic heterocycles. The summed E-state index contributed by atoms with van der Waals surface area (Å²) in [6.07, 6.45) is 4.29. The van der Waals surface area contributed by atoms with Gasteiger partial charge in [-0.05, 0) is 28.1 Å². The van der Waals surface area contributed by atoms with E-state index in [1.54, 1.807) is 18.3 Å². The summed E-state index contributed by atoms with van der Waals surface area (Å²) in [5.41, 5.74) is 2.06. The number of hydrogen-bond donors (Lipinski definition) is 1. The van der Waals surface area contributed by atoms with Crippen LogP contribution in [-0.4, -0.2) is 21.6 Å². The maximum atomic E-state index is 12.1. The average molecular weight is 375 g/mol. The Hall–Kier alpha value is -1.73. The lowest BCUT2D eigenvalue weighted by Gasteiger charge is -2.06. The third-order valence-corrected chi connectivity index (χ3v) is 3.79. The summed E-state index contributed by atoms with van der Waals surface area (Å²) in [5.74, 6) is -0.230. The van der Waals surface area contributed by atoms with Crippen molar-refractivity contribution in [2.24, 2.45) is 0 Å². The first kappa shape index (κ1) is 14.2. The Morgan fingerprint density at radius 1 is 1.24 bits per heavy atom. The van der Waals surface area contributed by atoms with E-state index in [-0.39, 0.29) is 5.88 Å². The molecular weight excluding hydrogens is 368 g/mol. The molecule has 0 unspecified atom stereocenters. The van der Waals surface area contributed by atoms with E-state index in [1.165, 1.54) is 6.20 Å². The number of hydrogen-bond acceptors (Lipinski definition) is 3. The van der Waals surface area contributed by atoms with Crippen LogP contribution in [0.15, 0.2) is 35.2 Å². The fraction of sp³-hybridized carbons (Fsp3) is 0.0769. The van der Waals surface area contributed by atoms with Crippen molar-refractivity contribution in [2.45, 2.75) is 6.61 Å². The predicted octanol–water partition coefficient (Wildman–Crippen LogP) is 4.64. The number of benzene rings is 1. The Balaban J connectivity index is 2.06. The molecule has 1 aromatic carbocycles. The highest BCUT2D eigenvalue weighted by Crippen LogP contribution is 2.36. The van der Waals surface area contributed by atoms with Gasteiger partial charge in [-0.15, -0.1) is 0 Å². The smallest absolute Gasteiger partial charge is 0.388 e. The summed E-state index contributed by atoms with van der Waals surface area (Å²) in [6.45, 7) is -2.92. The monoisotopic (exact) mass is 373 g/mol. The van der Waals surface area contributed by atoms with Crippen LogP contribution in [0.5, 0.6) is 5.88 Å². The fourth-order valence-electron chi connectivity index (χ4n) is 1.99. The molecule has 2 heterocycles. The lowest BCUT2D eigenvalue weighted by Crippen LogP contribution is -2.04. The van der Waals surface area contributed by atoms with Crippen LogP contribution in [0.1, 0.15) is 0 Å². The highest BCUT2D eigenvalue weighted by atomic mass is 79.9. The summed E-state index contributed by atoms with van der Waals surface area (Å²) < 4.78 is 29.2. The molecule has 0 aliphatic heterocycles. The van der Waals surface area contributed by atoms with Crippen LogP contribution in [-0.2, 0) is 0 Å². The van der Waals surface area contributed by atoms with E-state index in [0.717, 1.165) is 27.1 Å². The first-order valence-electron chi connectivity index (χ1n) is 5.78. The topological polar surface area (TPSA) is 50.8 Å². The second kappa shape index (κ2) is 5.57. The van der Waals surface area contributed by atoms with Crippen molar-refractivity contribution in [2.75, 3.05) is 0 Å². The maximum Gasteiger partial charge on any atom is 0.388 e. The van der Waals surface area contributed by atoms with Crippen molar-refractivity contribution in [3.8, 4) is 17.1 Å². The zero-order valence-electron chi connectivity index (χ0n) is 10.3. The second-order valence-electron chi connectivity index (χ2n) is 4.10. The van der Waals surface area contributed by atoms with Crippen LogP contribution in [0.25, 0.3) is 22.2 Å². The summed E-state index contributed by atoms with van der Waals surface area (Å²) in [6, 6.07) is 3.52. The van der Waals surface area contributed by atoms with Crippen LogP contribution in [0.4, 0.5) is 8.78 Å². The Morgan fingerprint density at radius 3 is 2.71 bits per heavy atom. The van der Waals surface area contributed by atoms with Crippen LogP contribution < -0.4 is 4.74 Å². The van der Waals surface area contributed by atoms with E-state index >= 15 is 0 Å². The maximum absolute atomic E-state index is 12.1. The summed E-state index contributed by atoms with van der Waals surface area (Å²) >= 11 is 9.56. The molecule has 108 valence electrons. The molecule has 0 aliphatic carbocycles. The number of ether oxygens (including phenoxy) is 1. The van der Waals surface area contributed by atoms with Crippen molar-refractivity contribution in [1.82, 2.24) is 15.0 Å². The Labute approximate surface area is 131 Å². The van der Waals surface area contributed by atoms with Gasteiger partial charge in [0.1, 0.15) is 0 Å². The molecule has 0 spiro atoms. The molecule has 21 heavy (non-hydrogen) atoms. The van der Waals surface area contributed by atoms with Crippen LogP contribution in [0.2, 0.25) is 5.02 Å². The summed E-state index contributed by atoms with van der Waals surface area (Å²) in [5, 5.41) is 1.41. The van der Waals surface area contributed by atoms with Crippen LogP contribution in [0.3, 0.4) is 0 Å². The molecule has 1 N–H and O–H groups in total. The van der Waals surface area contributed by atoms with Gasteiger partial charge in [0.2, 0.25) is 5.88 Å². The van der Waals surface area contributed by atoms with Crippen molar-refractivity contribution >= 4 is 38.4 Å². The number of H-pyrrole nitrogens is 1. The normalized spacial score (nSPS) is 11.3. The number of aromatic amines is 1. The number of alkyl halides is 2. The van der Waals surface area contributed by atoms with Gasteiger partial charge in [-0.3, -0.25) is 0 Å². The van der Waals surface area contributed by atoms with Gasteiger partial charge in [0, 0.05) is 21.6 Å². The third kappa shape index (κ3) is 2.71. The van der Waals surface area contributed by atoms with Crippen molar-refractivity contribution in [3.63, 3.8) is 0 Å². The standard InChI is InChI=1S/C13H7BrClF2N3O/c14-7-3-20-12-6(1-2-8(15)11(7)12)9-4-19-10(5-18-9)21-13(16)17/h1-5,13,20H. The largest absolute Gasteiger partial charge is 0.415 e. The molecule has 0 fully saturated rings. The molecule has 3 rings (SSSR count). The minimum absolute atomic E-state index is 0.230. The van der Waals surface area contributed by atoms with E-state index in [4.69, 9.17) is 11.6 Å². The number of halogens is 4. The van der Waals surface area contributed by atoms with Crippen molar-refractivity contribution in [3.05, 3.63) is 40.2 Å². The molecule has 4 nitrogen and oxygen atoms in total. The molecule has 0 saturated heterocycles. The Kier molecular flexibility index (Phi) is 3.77. The molecule has 0 bridgehead atoms. The van der Waals surface area contributed by atoms with Crippen LogP contribution >= 0.6 is 27.5 Å². The van der Waals surface area contributed by atoms with Gasteiger partial charge >= 0.3 is 6.61 Å². The molecule has 0 amide bonds. The average Bonchev–Trinajstić information content (AvgIpc) is 2.83. The Bertz CT molecular complexity index is 792. The van der Waals surface area contributed by atoms with E-state index in [0.29, 0.717) is 10.7 Å². The molecular formula is C13H7BrClF2N3O. The highest BCUT2D eigenvalue weighted by Gasteiger charge is 2.13. The SMILES string of the molecule is FC(F)Oc1cnc(-c2ccc(Cl)c3c(Br)c[nH]c23)cn1. The molecule has 0 radical (unpaired) electrons. The molecule has 0 atom stereocenters. The third-order valence-electron chi connectivity index (χ3n) is 2.85. The minimum Gasteiger partial charge on any atom is -0.415 e. The minimum atomic E-state index is -2.92. The van der Waals surface area contributed by atoms with Gasteiger partial charge in [0.15, 0.2) is 0 Å². The number of rotatable bonds is 3.